The van der Waals surface area contributed by atoms with Gasteiger partial charge in [0.2, 0.25) is 0 Å². The maximum absolute atomic E-state index is 2.54. The second kappa shape index (κ2) is 11.9. The zero-order valence-electron chi connectivity index (χ0n) is 32.5. The molecule has 0 saturated heterocycles. The van der Waals surface area contributed by atoms with Crippen LogP contribution in [0.1, 0.15) is 94.8 Å². The first-order valence-electron chi connectivity index (χ1n) is 20.1. The van der Waals surface area contributed by atoms with Crippen LogP contribution in [0.25, 0.3) is 33.4 Å². The highest BCUT2D eigenvalue weighted by Crippen LogP contribution is 2.58. The van der Waals surface area contributed by atoms with Gasteiger partial charge in [0, 0.05) is 16.7 Å². The van der Waals surface area contributed by atoms with Gasteiger partial charge in [0.05, 0.1) is 5.41 Å². The van der Waals surface area contributed by atoms with Gasteiger partial charge >= 0.3 is 0 Å². The highest BCUT2D eigenvalue weighted by molar-refractivity contribution is 5.88. The molecule has 8 aromatic carbocycles. The van der Waals surface area contributed by atoms with Crippen LogP contribution in [0.4, 0.5) is 0 Å². The third-order valence-electron chi connectivity index (χ3n) is 13.7. The molecule has 0 heterocycles. The minimum absolute atomic E-state index is 0.0610. The molecule has 56 heavy (non-hydrogen) atoms. The Kier molecular flexibility index (Phi) is 7.03. The van der Waals surface area contributed by atoms with Gasteiger partial charge in [-0.25, -0.2) is 0 Å². The Morgan fingerprint density at radius 3 is 1.21 bits per heavy atom. The van der Waals surface area contributed by atoms with Gasteiger partial charge < -0.3 is 0 Å². The predicted octanol–water partition coefficient (Wildman–Crippen LogP) is 13.8. The van der Waals surface area contributed by atoms with E-state index in [1.165, 1.54) is 94.6 Å². The zero-order valence-corrected chi connectivity index (χ0v) is 32.5. The molecule has 268 valence electrons. The van der Waals surface area contributed by atoms with E-state index in [1.54, 1.807) is 0 Å². The van der Waals surface area contributed by atoms with Crippen molar-refractivity contribution < 1.29 is 0 Å². The molecule has 0 aliphatic heterocycles. The van der Waals surface area contributed by atoms with E-state index in [1.807, 2.05) is 0 Å². The molecule has 0 fully saturated rings. The average Bonchev–Trinajstić information content (AvgIpc) is 3.76. The summed E-state index contributed by atoms with van der Waals surface area (Å²) >= 11 is 0. The standard InChI is InChI=1S/C56H44/c1-54(2)47-22-12-8-18-41(47)45-32-28-38(34-51(45)54)53(36-16-6-5-7-17-36)37-26-29-39(30-27-37)56(49-24-14-10-20-43(49)44-21-11-15-25-50(44)56)40-31-33-46-42-19-9-13-23-48(42)55(3,4)52(46)35-40/h5-35,53H,1-4H3. The van der Waals surface area contributed by atoms with Crippen molar-refractivity contribution in [1.29, 1.82) is 0 Å². The van der Waals surface area contributed by atoms with Gasteiger partial charge in [0.25, 0.3) is 0 Å². The molecular weight excluding hydrogens is 673 g/mol. The van der Waals surface area contributed by atoms with E-state index in [2.05, 4.69) is 216 Å². The monoisotopic (exact) mass is 716 g/mol. The van der Waals surface area contributed by atoms with Gasteiger partial charge in [-0.3, -0.25) is 0 Å². The first-order chi connectivity index (χ1) is 27.3. The van der Waals surface area contributed by atoms with E-state index < -0.39 is 5.41 Å². The van der Waals surface area contributed by atoms with Crippen molar-refractivity contribution in [3.8, 4) is 33.4 Å². The summed E-state index contributed by atoms with van der Waals surface area (Å²) in [6.07, 6.45) is 0. The van der Waals surface area contributed by atoms with E-state index in [9.17, 15) is 0 Å². The van der Waals surface area contributed by atoms with Gasteiger partial charge in [0.1, 0.15) is 0 Å². The second-order valence-electron chi connectivity index (χ2n) is 17.2. The molecule has 11 rings (SSSR count). The lowest BCUT2D eigenvalue weighted by Gasteiger charge is -2.35. The zero-order chi connectivity index (χ0) is 37.8. The highest BCUT2D eigenvalue weighted by Gasteiger charge is 2.47. The molecule has 3 aliphatic carbocycles. The van der Waals surface area contributed by atoms with E-state index in [0.717, 1.165) is 0 Å². The van der Waals surface area contributed by atoms with Crippen molar-refractivity contribution in [2.45, 2.75) is 49.9 Å². The van der Waals surface area contributed by atoms with Crippen molar-refractivity contribution in [3.63, 3.8) is 0 Å². The second-order valence-corrected chi connectivity index (χ2v) is 17.2. The van der Waals surface area contributed by atoms with Crippen molar-refractivity contribution in [1.82, 2.24) is 0 Å². The summed E-state index contributed by atoms with van der Waals surface area (Å²) in [4.78, 5) is 0. The van der Waals surface area contributed by atoms with Crippen molar-refractivity contribution in [2.24, 2.45) is 0 Å². The summed E-state index contributed by atoms with van der Waals surface area (Å²) in [6, 6.07) is 71.5. The summed E-state index contributed by atoms with van der Waals surface area (Å²) < 4.78 is 0. The molecule has 0 saturated carbocycles. The highest BCUT2D eigenvalue weighted by atomic mass is 14.5. The Morgan fingerprint density at radius 1 is 0.286 bits per heavy atom. The van der Waals surface area contributed by atoms with E-state index >= 15 is 0 Å². The smallest absolute Gasteiger partial charge is 0.0622 e. The Balaban J connectivity index is 1.10. The van der Waals surface area contributed by atoms with Gasteiger partial charge in [-0.05, 0) is 94.6 Å². The molecule has 0 radical (unpaired) electrons. The van der Waals surface area contributed by atoms with Crippen LogP contribution in [0.5, 0.6) is 0 Å². The van der Waals surface area contributed by atoms with Crippen LogP contribution >= 0.6 is 0 Å². The lowest BCUT2D eigenvalue weighted by atomic mass is 9.66. The molecule has 0 nitrogen and oxygen atoms in total. The van der Waals surface area contributed by atoms with Crippen LogP contribution in [-0.2, 0) is 16.2 Å². The first-order valence-corrected chi connectivity index (χ1v) is 20.1. The molecule has 0 spiro atoms. The molecule has 0 amide bonds. The molecule has 3 aliphatic rings. The minimum Gasteiger partial charge on any atom is -0.0622 e. The van der Waals surface area contributed by atoms with E-state index in [4.69, 9.17) is 0 Å². The molecular formula is C56H44. The number of hydrogen-bond donors (Lipinski definition) is 0. The molecule has 0 bridgehead atoms. The molecule has 1 unspecified atom stereocenters. The number of rotatable bonds is 5. The normalized spacial score (nSPS) is 16.2. The molecule has 0 aromatic heterocycles. The number of fused-ring (bicyclic) bond motifs is 9. The lowest BCUT2D eigenvalue weighted by Crippen LogP contribution is -2.29. The summed E-state index contributed by atoms with van der Waals surface area (Å²) in [6.45, 7) is 9.54. The van der Waals surface area contributed by atoms with Gasteiger partial charge in [-0.1, -0.05) is 216 Å². The molecule has 0 N–H and O–H groups in total. The van der Waals surface area contributed by atoms with Crippen molar-refractivity contribution >= 4 is 0 Å². The van der Waals surface area contributed by atoms with Crippen molar-refractivity contribution in [2.75, 3.05) is 0 Å². The molecule has 1 atom stereocenters. The summed E-state index contributed by atoms with van der Waals surface area (Å²) in [7, 11) is 0. The average molecular weight is 717 g/mol. The Bertz CT molecular complexity index is 2800. The van der Waals surface area contributed by atoms with Crippen molar-refractivity contribution in [3.05, 3.63) is 249 Å². The maximum atomic E-state index is 2.54. The Morgan fingerprint density at radius 2 is 0.661 bits per heavy atom. The third kappa shape index (κ3) is 4.42. The quantitative estimate of drug-likeness (QED) is 0.156. The van der Waals surface area contributed by atoms with Crippen LogP contribution in [0, 0.1) is 0 Å². The van der Waals surface area contributed by atoms with E-state index in [-0.39, 0.29) is 16.7 Å². The number of benzene rings is 8. The Hall–Kier alpha value is -6.24. The summed E-state index contributed by atoms with van der Waals surface area (Å²) in [5.41, 5.74) is 22.3. The third-order valence-corrected chi connectivity index (χ3v) is 13.7. The fourth-order valence-corrected chi connectivity index (χ4v) is 11.0. The number of hydrogen-bond acceptors (Lipinski definition) is 0. The van der Waals surface area contributed by atoms with Gasteiger partial charge in [0.15, 0.2) is 0 Å². The predicted molar refractivity (Wildman–Crippen MR) is 233 cm³/mol. The summed E-state index contributed by atoms with van der Waals surface area (Å²) in [5.74, 6) is 0.0912. The van der Waals surface area contributed by atoms with Gasteiger partial charge in [-0.15, -0.1) is 0 Å². The lowest BCUT2D eigenvalue weighted by molar-refractivity contribution is 0.655. The first kappa shape index (κ1) is 33.1. The SMILES string of the molecule is CC1(C)c2ccccc2-c2ccc(C(c3ccccc3)c3ccc(C4(c5ccc6c(c5)C(C)(C)c5ccccc5-6)c5ccccc5-c5ccccc54)cc3)cc21. The maximum Gasteiger partial charge on any atom is 0.0713 e. The minimum atomic E-state index is -0.475. The van der Waals surface area contributed by atoms with Crippen LogP contribution < -0.4 is 0 Å². The largest absolute Gasteiger partial charge is 0.0713 e. The molecule has 0 heteroatoms. The fraction of sp³-hybridized carbons (Fsp3) is 0.143. The Labute approximate surface area is 331 Å². The fourth-order valence-electron chi connectivity index (χ4n) is 11.0. The molecule has 8 aromatic rings. The van der Waals surface area contributed by atoms with Gasteiger partial charge in [-0.2, -0.15) is 0 Å². The van der Waals surface area contributed by atoms with E-state index in [0.29, 0.717) is 0 Å². The van der Waals surface area contributed by atoms with Crippen LogP contribution in [-0.4, -0.2) is 0 Å². The van der Waals surface area contributed by atoms with Crippen LogP contribution in [0.15, 0.2) is 188 Å². The summed E-state index contributed by atoms with van der Waals surface area (Å²) in [5, 5.41) is 0. The van der Waals surface area contributed by atoms with Crippen LogP contribution in [0.2, 0.25) is 0 Å². The van der Waals surface area contributed by atoms with Crippen LogP contribution in [0.3, 0.4) is 0 Å². The topological polar surface area (TPSA) is 0 Å².